The van der Waals surface area contributed by atoms with Gasteiger partial charge in [-0.1, -0.05) is 12.1 Å². The second kappa shape index (κ2) is 3.74. The number of carboxylic acids is 1. The van der Waals surface area contributed by atoms with Crippen molar-refractivity contribution in [2.45, 2.75) is 0 Å². The molecule has 0 saturated heterocycles. The minimum absolute atomic E-state index is 0.303. The zero-order valence-electron chi connectivity index (χ0n) is 9.55. The number of carbonyl (C=O) groups is 1. The molecule has 0 saturated carbocycles. The molecule has 0 fully saturated rings. The molecule has 0 aliphatic heterocycles. The van der Waals surface area contributed by atoms with Gasteiger partial charge in [-0.3, -0.25) is 0 Å². The van der Waals surface area contributed by atoms with Crippen LogP contribution in [0.15, 0.2) is 48.5 Å². The molecule has 0 aliphatic carbocycles. The fourth-order valence-electron chi connectivity index (χ4n) is 2.15. The smallest absolute Gasteiger partial charge is 0.335 e. The van der Waals surface area contributed by atoms with Crippen molar-refractivity contribution in [3.05, 3.63) is 54.1 Å². The maximum Gasteiger partial charge on any atom is 0.335 e. The lowest BCUT2D eigenvalue weighted by Gasteiger charge is -2.04. The fraction of sp³-hybridized carbons (Fsp3) is 0. The van der Waals surface area contributed by atoms with Crippen molar-refractivity contribution in [3.8, 4) is 0 Å². The van der Waals surface area contributed by atoms with Crippen molar-refractivity contribution < 1.29 is 9.90 Å². The van der Waals surface area contributed by atoms with Crippen molar-refractivity contribution in [3.63, 3.8) is 0 Å². The highest BCUT2D eigenvalue weighted by Gasteiger charge is 2.04. The minimum atomic E-state index is -0.908. The van der Waals surface area contributed by atoms with E-state index in [0.29, 0.717) is 5.56 Å². The molecule has 0 radical (unpaired) electrons. The summed E-state index contributed by atoms with van der Waals surface area (Å²) < 4.78 is 0. The third-order valence-electron chi connectivity index (χ3n) is 3.07. The molecule has 3 heteroatoms. The van der Waals surface area contributed by atoms with E-state index in [1.165, 1.54) is 0 Å². The molecule has 0 unspecified atom stereocenters. The predicted octanol–water partition coefficient (Wildman–Crippen LogP) is 3.27. The maximum absolute atomic E-state index is 10.9. The number of anilines is 1. The average molecular weight is 237 g/mol. The minimum Gasteiger partial charge on any atom is -0.478 e. The Morgan fingerprint density at radius 2 is 1.44 bits per heavy atom. The summed E-state index contributed by atoms with van der Waals surface area (Å²) in [5.74, 6) is -0.908. The molecule has 3 nitrogen and oxygen atoms in total. The van der Waals surface area contributed by atoms with Crippen molar-refractivity contribution in [2.24, 2.45) is 0 Å². The van der Waals surface area contributed by atoms with E-state index in [0.717, 1.165) is 27.2 Å². The number of hydrogen-bond acceptors (Lipinski definition) is 2. The largest absolute Gasteiger partial charge is 0.478 e. The third kappa shape index (κ3) is 1.66. The normalized spacial score (nSPS) is 10.9. The number of fused-ring (bicyclic) bond motifs is 2. The summed E-state index contributed by atoms with van der Waals surface area (Å²) in [5.41, 5.74) is 6.78. The summed E-state index contributed by atoms with van der Waals surface area (Å²) in [6.45, 7) is 0. The lowest BCUT2D eigenvalue weighted by molar-refractivity contribution is 0.0697. The van der Waals surface area contributed by atoms with E-state index >= 15 is 0 Å². The first kappa shape index (κ1) is 10.6. The van der Waals surface area contributed by atoms with Crippen molar-refractivity contribution in [1.29, 1.82) is 0 Å². The first-order valence-electron chi connectivity index (χ1n) is 5.60. The van der Waals surface area contributed by atoms with Crippen molar-refractivity contribution in [2.75, 3.05) is 5.73 Å². The molecule has 0 atom stereocenters. The molecule has 0 bridgehead atoms. The Kier molecular flexibility index (Phi) is 2.20. The highest BCUT2D eigenvalue weighted by atomic mass is 16.4. The van der Waals surface area contributed by atoms with Gasteiger partial charge in [-0.2, -0.15) is 0 Å². The number of hydrogen-bond donors (Lipinski definition) is 2. The maximum atomic E-state index is 10.9. The fourth-order valence-corrected chi connectivity index (χ4v) is 2.15. The van der Waals surface area contributed by atoms with Crippen LogP contribution in [0.2, 0.25) is 0 Å². The van der Waals surface area contributed by atoms with Crippen LogP contribution >= 0.6 is 0 Å². The van der Waals surface area contributed by atoms with Crippen LogP contribution in [0, 0.1) is 0 Å². The third-order valence-corrected chi connectivity index (χ3v) is 3.07. The molecule has 3 N–H and O–H groups in total. The second-order valence-corrected chi connectivity index (χ2v) is 4.33. The Labute approximate surface area is 103 Å². The number of aromatic carboxylic acids is 1. The number of nitrogen functional groups attached to an aromatic ring is 1. The van der Waals surface area contributed by atoms with Crippen LogP contribution in [0.4, 0.5) is 5.69 Å². The van der Waals surface area contributed by atoms with E-state index < -0.39 is 5.97 Å². The molecule has 0 spiro atoms. The summed E-state index contributed by atoms with van der Waals surface area (Å²) in [5, 5.41) is 13.0. The van der Waals surface area contributed by atoms with E-state index in [9.17, 15) is 4.79 Å². The molecule has 3 rings (SSSR count). The lowest BCUT2D eigenvalue weighted by atomic mass is 10.0. The van der Waals surface area contributed by atoms with E-state index in [-0.39, 0.29) is 0 Å². The van der Waals surface area contributed by atoms with E-state index in [4.69, 9.17) is 10.8 Å². The Hall–Kier alpha value is -2.55. The van der Waals surface area contributed by atoms with E-state index in [2.05, 4.69) is 0 Å². The first-order chi connectivity index (χ1) is 8.63. The van der Waals surface area contributed by atoms with Gasteiger partial charge in [0, 0.05) is 5.69 Å². The molecule has 3 aromatic rings. The quantitative estimate of drug-likeness (QED) is 0.504. The van der Waals surface area contributed by atoms with Gasteiger partial charge in [0.2, 0.25) is 0 Å². The number of carboxylic acid groups (broad SMARTS) is 1. The Balaban J connectivity index is 2.34. The SMILES string of the molecule is Nc1ccc2cc3cc(C(=O)O)ccc3cc2c1. The van der Waals surface area contributed by atoms with Gasteiger partial charge in [0.05, 0.1) is 5.56 Å². The summed E-state index contributed by atoms with van der Waals surface area (Å²) in [4.78, 5) is 10.9. The van der Waals surface area contributed by atoms with E-state index in [1.807, 2.05) is 36.4 Å². The highest BCUT2D eigenvalue weighted by Crippen LogP contribution is 2.25. The average Bonchev–Trinajstić information content (AvgIpc) is 2.35. The number of benzene rings is 3. The van der Waals surface area contributed by atoms with Gasteiger partial charge >= 0.3 is 5.97 Å². The Bertz CT molecular complexity index is 778. The predicted molar refractivity (Wildman–Crippen MR) is 72.8 cm³/mol. The van der Waals surface area contributed by atoms with Gasteiger partial charge in [-0.05, 0) is 57.9 Å². The van der Waals surface area contributed by atoms with Gasteiger partial charge in [-0.15, -0.1) is 0 Å². The topological polar surface area (TPSA) is 63.3 Å². The first-order valence-corrected chi connectivity index (χ1v) is 5.60. The molecular weight excluding hydrogens is 226 g/mol. The highest BCUT2D eigenvalue weighted by molar-refractivity contribution is 6.02. The van der Waals surface area contributed by atoms with Gasteiger partial charge in [0.25, 0.3) is 0 Å². The van der Waals surface area contributed by atoms with Crippen LogP contribution in [-0.2, 0) is 0 Å². The second-order valence-electron chi connectivity index (χ2n) is 4.33. The van der Waals surface area contributed by atoms with Crippen molar-refractivity contribution >= 4 is 33.2 Å². The zero-order chi connectivity index (χ0) is 12.7. The van der Waals surface area contributed by atoms with Crippen molar-refractivity contribution in [1.82, 2.24) is 0 Å². The standard InChI is InChI=1S/C15H11NO2/c16-14-4-3-10-5-12-7-11(15(17)18)2-1-9(12)6-13(10)8-14/h1-8H,16H2,(H,17,18). The monoisotopic (exact) mass is 237 g/mol. The molecule has 0 aliphatic rings. The molecule has 0 aromatic heterocycles. The summed E-state index contributed by atoms with van der Waals surface area (Å²) in [7, 11) is 0. The van der Waals surface area contributed by atoms with Crippen LogP contribution in [0.5, 0.6) is 0 Å². The van der Waals surface area contributed by atoms with Crippen LogP contribution in [-0.4, -0.2) is 11.1 Å². The van der Waals surface area contributed by atoms with E-state index in [1.54, 1.807) is 12.1 Å². The summed E-state index contributed by atoms with van der Waals surface area (Å²) >= 11 is 0. The lowest BCUT2D eigenvalue weighted by Crippen LogP contribution is -1.95. The van der Waals surface area contributed by atoms with Gasteiger partial charge in [0.1, 0.15) is 0 Å². The molecular formula is C15H11NO2. The molecule has 18 heavy (non-hydrogen) atoms. The molecule has 0 amide bonds. The molecule has 3 aromatic carbocycles. The summed E-state index contributed by atoms with van der Waals surface area (Å²) in [6, 6.07) is 14.8. The zero-order valence-corrected chi connectivity index (χ0v) is 9.55. The molecule has 0 heterocycles. The van der Waals surface area contributed by atoms with Gasteiger partial charge in [-0.25, -0.2) is 4.79 Å². The Morgan fingerprint density at radius 3 is 2.11 bits per heavy atom. The Morgan fingerprint density at radius 1 is 0.833 bits per heavy atom. The van der Waals surface area contributed by atoms with Gasteiger partial charge < -0.3 is 10.8 Å². The van der Waals surface area contributed by atoms with Crippen LogP contribution in [0.3, 0.4) is 0 Å². The van der Waals surface area contributed by atoms with Crippen LogP contribution in [0.1, 0.15) is 10.4 Å². The molecule has 88 valence electrons. The van der Waals surface area contributed by atoms with Crippen LogP contribution in [0.25, 0.3) is 21.5 Å². The number of rotatable bonds is 1. The van der Waals surface area contributed by atoms with Gasteiger partial charge in [0.15, 0.2) is 0 Å². The summed E-state index contributed by atoms with van der Waals surface area (Å²) in [6.07, 6.45) is 0. The van der Waals surface area contributed by atoms with Crippen LogP contribution < -0.4 is 5.73 Å². The number of nitrogens with two attached hydrogens (primary N) is 1.